The third kappa shape index (κ3) is 7.60. The molecule has 0 bridgehead atoms. The summed E-state index contributed by atoms with van der Waals surface area (Å²) in [6.07, 6.45) is -29.2. The molecule has 0 spiro atoms. The summed E-state index contributed by atoms with van der Waals surface area (Å²) >= 11 is 0. The molecule has 0 aliphatic carbocycles. The molecular weight excluding hydrogens is 614 g/mol. The van der Waals surface area contributed by atoms with E-state index in [4.69, 9.17) is 33.2 Å². The topological polar surface area (TPSA) is 296 Å². The smallest absolute Gasteiger partial charge is 0.217 e. The fraction of sp³-hybridized carbons (Fsp3) is 0.962. The van der Waals surface area contributed by atoms with Crippen molar-refractivity contribution in [2.24, 2.45) is 0 Å². The highest BCUT2D eigenvalue weighted by Gasteiger charge is 2.55. The maximum absolute atomic E-state index is 12.2. The monoisotopic (exact) mass is 659 g/mol. The lowest BCUT2D eigenvalue weighted by Gasteiger charge is -2.49. The quantitative estimate of drug-likeness (QED) is 0.115. The van der Waals surface area contributed by atoms with Crippen molar-refractivity contribution < 1.29 is 89.0 Å². The minimum Gasteiger partial charge on any atom is -0.394 e. The van der Waals surface area contributed by atoms with E-state index < -0.39 is 135 Å². The average Bonchev–Trinajstić information content (AvgIpc) is 2.98. The van der Waals surface area contributed by atoms with E-state index in [0.717, 1.165) is 6.92 Å². The summed E-state index contributed by atoms with van der Waals surface area (Å²) < 4.78 is 39.2. The maximum Gasteiger partial charge on any atom is 0.217 e. The highest BCUT2D eigenvalue weighted by Crippen LogP contribution is 2.34. The van der Waals surface area contributed by atoms with Crippen LogP contribution in [0.25, 0.3) is 0 Å². The van der Waals surface area contributed by atoms with Gasteiger partial charge < -0.3 is 89.5 Å². The number of rotatable bonds is 8. The second-order valence-electron chi connectivity index (χ2n) is 11.8. The van der Waals surface area contributed by atoms with Crippen molar-refractivity contribution in [1.29, 1.82) is 0 Å². The van der Waals surface area contributed by atoms with Gasteiger partial charge in [-0.2, -0.15) is 0 Å². The van der Waals surface area contributed by atoms with Crippen molar-refractivity contribution in [1.82, 2.24) is 5.32 Å². The fourth-order valence-corrected chi connectivity index (χ4v) is 5.76. The molecule has 45 heavy (non-hydrogen) atoms. The van der Waals surface area contributed by atoms with Crippen LogP contribution in [0.1, 0.15) is 27.7 Å². The molecule has 262 valence electrons. The molecule has 20 atom stereocenters. The zero-order valence-corrected chi connectivity index (χ0v) is 25.0. The second kappa shape index (κ2) is 14.9. The van der Waals surface area contributed by atoms with Gasteiger partial charge in [0.15, 0.2) is 25.2 Å². The zero-order valence-electron chi connectivity index (χ0n) is 25.0. The first kappa shape index (κ1) is 36.6. The van der Waals surface area contributed by atoms with Crippen LogP contribution in [-0.4, -0.2) is 186 Å². The van der Waals surface area contributed by atoms with E-state index >= 15 is 0 Å². The summed E-state index contributed by atoms with van der Waals surface area (Å²) in [5.74, 6) is -0.677. The Balaban J connectivity index is 1.57. The molecule has 4 aliphatic heterocycles. The number of nitrogens with one attached hydrogen (secondary N) is 1. The third-order valence-corrected chi connectivity index (χ3v) is 8.49. The zero-order chi connectivity index (χ0) is 33.5. The van der Waals surface area contributed by atoms with Gasteiger partial charge >= 0.3 is 0 Å². The summed E-state index contributed by atoms with van der Waals surface area (Å²) in [7, 11) is 0. The number of amides is 1. The Morgan fingerprint density at radius 2 is 1.09 bits per heavy atom. The van der Waals surface area contributed by atoms with Crippen molar-refractivity contribution in [2.45, 2.75) is 150 Å². The van der Waals surface area contributed by atoms with Crippen molar-refractivity contribution >= 4 is 5.91 Å². The van der Waals surface area contributed by atoms with E-state index in [1.54, 1.807) is 0 Å². The van der Waals surface area contributed by atoms with Crippen LogP contribution in [0.15, 0.2) is 0 Å². The number of aliphatic hydroxyl groups excluding tert-OH is 10. The van der Waals surface area contributed by atoms with Gasteiger partial charge in [0.25, 0.3) is 0 Å². The molecule has 19 heteroatoms. The Hall–Kier alpha value is -1.21. The van der Waals surface area contributed by atoms with Crippen molar-refractivity contribution in [3.63, 3.8) is 0 Å². The van der Waals surface area contributed by atoms with Gasteiger partial charge in [0, 0.05) is 6.92 Å². The Bertz CT molecular complexity index is 980. The van der Waals surface area contributed by atoms with Gasteiger partial charge in [-0.25, -0.2) is 0 Å². The Morgan fingerprint density at radius 3 is 1.69 bits per heavy atom. The third-order valence-electron chi connectivity index (χ3n) is 8.49. The van der Waals surface area contributed by atoms with Gasteiger partial charge in [-0.3, -0.25) is 4.79 Å². The number of carbonyl (C=O) groups excluding carboxylic acids is 1. The molecule has 0 unspecified atom stereocenters. The molecule has 4 aliphatic rings. The molecular formula is C26H45NO18. The fourth-order valence-electron chi connectivity index (χ4n) is 5.76. The van der Waals surface area contributed by atoms with Crippen LogP contribution in [-0.2, 0) is 38.0 Å². The highest BCUT2D eigenvalue weighted by atomic mass is 16.8. The Labute approximate surface area is 257 Å². The first-order chi connectivity index (χ1) is 21.1. The number of hydrogen-bond acceptors (Lipinski definition) is 18. The van der Waals surface area contributed by atoms with Gasteiger partial charge in [0.1, 0.15) is 79.3 Å². The molecule has 4 heterocycles. The van der Waals surface area contributed by atoms with Gasteiger partial charge in [0.05, 0.1) is 24.9 Å². The highest BCUT2D eigenvalue weighted by molar-refractivity contribution is 5.73. The molecule has 0 radical (unpaired) electrons. The van der Waals surface area contributed by atoms with Crippen LogP contribution in [0.5, 0.6) is 0 Å². The van der Waals surface area contributed by atoms with E-state index in [1.165, 1.54) is 20.8 Å². The largest absolute Gasteiger partial charge is 0.394 e. The van der Waals surface area contributed by atoms with Crippen molar-refractivity contribution in [3.8, 4) is 0 Å². The first-order valence-corrected chi connectivity index (χ1v) is 14.7. The summed E-state index contributed by atoms with van der Waals surface area (Å²) in [6.45, 7) is 4.52. The first-order valence-electron chi connectivity index (χ1n) is 14.7. The molecule has 0 saturated carbocycles. The lowest BCUT2D eigenvalue weighted by atomic mass is 9.94. The van der Waals surface area contributed by atoms with Crippen molar-refractivity contribution in [3.05, 3.63) is 0 Å². The van der Waals surface area contributed by atoms with Crippen LogP contribution < -0.4 is 5.32 Å². The molecule has 11 N–H and O–H groups in total. The number of carbonyl (C=O) groups is 1. The minimum absolute atomic E-state index is 0.677. The lowest BCUT2D eigenvalue weighted by molar-refractivity contribution is -0.377. The minimum atomic E-state index is -1.86. The second-order valence-corrected chi connectivity index (χ2v) is 11.8. The number of ether oxygens (including phenoxy) is 7. The predicted octanol–water partition coefficient (Wildman–Crippen LogP) is -6.52. The Morgan fingerprint density at radius 1 is 0.578 bits per heavy atom. The maximum atomic E-state index is 12.2. The van der Waals surface area contributed by atoms with Gasteiger partial charge in [-0.15, -0.1) is 0 Å². The number of hydrogen-bond donors (Lipinski definition) is 11. The standard InChI is InChI=1S/C26H45NO18/c1-6-13(31)17(35)22(23(38)39-6)45-24-11(27-9(4)29)20(15(33)10(5-28)42-24)43-26-19(37)21(14(32)8(3)41-26)44-25-18(36)16(34)12(30)7(2)40-25/h6-8,10-26,28,30-38H,5H2,1-4H3,(H,27,29)/t6-,7-,8-,10+,11+,12-,13-,14-,15+,16+,17+,18+,19+,20+,21+,22+,23+,24-,25-,26-/m0/s1. The summed E-state index contributed by atoms with van der Waals surface area (Å²) in [5, 5.41) is 107. The van der Waals surface area contributed by atoms with Crippen LogP contribution in [0.3, 0.4) is 0 Å². The summed E-state index contributed by atoms with van der Waals surface area (Å²) in [5.41, 5.74) is 0. The van der Waals surface area contributed by atoms with Crippen LogP contribution in [0.4, 0.5) is 0 Å². The predicted molar refractivity (Wildman–Crippen MR) is 141 cm³/mol. The van der Waals surface area contributed by atoms with Crippen LogP contribution in [0, 0.1) is 0 Å². The van der Waals surface area contributed by atoms with Gasteiger partial charge in [-0.05, 0) is 20.8 Å². The summed E-state index contributed by atoms with van der Waals surface area (Å²) in [6, 6.07) is -1.46. The lowest BCUT2D eigenvalue weighted by Crippen LogP contribution is -2.69. The molecule has 0 aromatic rings. The van der Waals surface area contributed by atoms with E-state index in [9.17, 15) is 55.9 Å². The van der Waals surface area contributed by atoms with E-state index in [-0.39, 0.29) is 0 Å². The van der Waals surface area contributed by atoms with Gasteiger partial charge in [0.2, 0.25) is 5.91 Å². The molecule has 0 aromatic heterocycles. The molecule has 4 saturated heterocycles. The van der Waals surface area contributed by atoms with Crippen molar-refractivity contribution in [2.75, 3.05) is 6.61 Å². The molecule has 1 amide bonds. The van der Waals surface area contributed by atoms with E-state index in [2.05, 4.69) is 5.32 Å². The normalized spacial score (nSPS) is 52.8. The average molecular weight is 660 g/mol. The Kier molecular flexibility index (Phi) is 12.1. The molecule has 19 nitrogen and oxygen atoms in total. The molecule has 4 rings (SSSR count). The molecule has 0 aromatic carbocycles. The SMILES string of the molecule is CC(=O)N[C@H]1[C@H](O[C@@H]2[C@H](O)[C@@H](O)[C@H](C)O[C@H]2O)O[C@H](CO)[C@@H](O)[C@@H]1O[C@@H]1O[C@@H](C)[C@H](O)[C@@H](O[C@@H]2O[C@@H](C)[C@H](O)[C@@H](O)[C@H]2O)[C@H]1O. The molecule has 4 fully saturated rings. The van der Waals surface area contributed by atoms with Gasteiger partial charge in [-0.1, -0.05) is 0 Å². The number of aliphatic hydroxyl groups is 10. The van der Waals surface area contributed by atoms with Crippen LogP contribution in [0.2, 0.25) is 0 Å². The van der Waals surface area contributed by atoms with E-state index in [1.807, 2.05) is 0 Å². The van der Waals surface area contributed by atoms with Crippen LogP contribution >= 0.6 is 0 Å². The summed E-state index contributed by atoms with van der Waals surface area (Å²) in [4.78, 5) is 12.2. The van der Waals surface area contributed by atoms with E-state index in [0.29, 0.717) is 0 Å².